The average molecular weight is 373 g/mol. The molecule has 2 aromatic rings. The highest BCUT2D eigenvalue weighted by molar-refractivity contribution is 7.88. The third-order valence-corrected chi connectivity index (χ3v) is 6.66. The molecule has 0 radical (unpaired) electrons. The van der Waals surface area contributed by atoms with Crippen LogP contribution in [0.4, 0.5) is 0 Å². The minimum absolute atomic E-state index is 0.0773. The van der Waals surface area contributed by atoms with Gasteiger partial charge in [-0.25, -0.2) is 8.42 Å². The van der Waals surface area contributed by atoms with E-state index in [4.69, 9.17) is 4.74 Å². The van der Waals surface area contributed by atoms with E-state index in [1.807, 2.05) is 31.2 Å². The zero-order valence-corrected chi connectivity index (χ0v) is 15.8. The molecule has 1 saturated heterocycles. The molecule has 0 aromatic heterocycles. The van der Waals surface area contributed by atoms with E-state index >= 15 is 0 Å². The lowest BCUT2D eigenvalue weighted by Gasteiger charge is -2.23. The van der Waals surface area contributed by atoms with Gasteiger partial charge < -0.3 is 4.74 Å². The maximum Gasteiger partial charge on any atom is 0.218 e. The zero-order valence-electron chi connectivity index (χ0n) is 15.0. The Hall–Kier alpha value is -2.18. The number of nitrogens with zero attached hydrogens (tertiary/aromatic N) is 1. The maximum atomic E-state index is 13.0. The number of carbonyl (C=O) groups excluding carboxylic acids is 1. The normalized spacial score (nSPS) is 18.0. The van der Waals surface area contributed by atoms with Crippen molar-refractivity contribution in [3.8, 4) is 5.75 Å². The van der Waals surface area contributed by atoms with Crippen LogP contribution in [0.5, 0.6) is 5.75 Å². The van der Waals surface area contributed by atoms with Crippen LogP contribution in [0.2, 0.25) is 0 Å². The van der Waals surface area contributed by atoms with Crippen molar-refractivity contribution in [1.82, 2.24) is 4.31 Å². The fourth-order valence-electron chi connectivity index (χ4n) is 3.33. The summed E-state index contributed by atoms with van der Waals surface area (Å²) in [6.45, 7) is 2.29. The predicted molar refractivity (Wildman–Crippen MR) is 101 cm³/mol. The van der Waals surface area contributed by atoms with Gasteiger partial charge in [-0.1, -0.05) is 24.3 Å². The molecule has 138 valence electrons. The lowest BCUT2D eigenvalue weighted by Crippen LogP contribution is -2.41. The Morgan fingerprint density at radius 1 is 1.15 bits per heavy atom. The van der Waals surface area contributed by atoms with Crippen LogP contribution in [-0.4, -0.2) is 38.2 Å². The molecule has 2 aromatic carbocycles. The van der Waals surface area contributed by atoms with E-state index in [2.05, 4.69) is 0 Å². The van der Waals surface area contributed by atoms with Crippen molar-refractivity contribution >= 4 is 15.8 Å². The topological polar surface area (TPSA) is 63.7 Å². The maximum absolute atomic E-state index is 13.0. The summed E-state index contributed by atoms with van der Waals surface area (Å²) < 4.78 is 32.4. The number of Topliss-reactive ketones (excluding diaryl/α,β-unsaturated/α-hetero) is 1. The molecule has 1 aliphatic heterocycles. The third-order valence-electron chi connectivity index (χ3n) is 4.84. The van der Waals surface area contributed by atoms with Gasteiger partial charge in [0.15, 0.2) is 5.78 Å². The highest BCUT2D eigenvalue weighted by atomic mass is 32.2. The van der Waals surface area contributed by atoms with Gasteiger partial charge in [-0.2, -0.15) is 4.31 Å². The fraction of sp³-hybridized carbons (Fsp3) is 0.350. The first-order valence-corrected chi connectivity index (χ1v) is 10.3. The predicted octanol–water partition coefficient (Wildman–Crippen LogP) is 3.18. The first-order valence-electron chi connectivity index (χ1n) is 8.64. The molecule has 1 aliphatic rings. The van der Waals surface area contributed by atoms with Gasteiger partial charge in [-0.15, -0.1) is 0 Å². The SMILES string of the molecule is COc1ccc(C(=O)C2CCCN2S(=O)(=O)Cc2ccccc2C)cc1. The van der Waals surface area contributed by atoms with E-state index in [-0.39, 0.29) is 11.5 Å². The first kappa shape index (κ1) is 18.6. The summed E-state index contributed by atoms with van der Waals surface area (Å²) in [4.78, 5) is 12.9. The minimum atomic E-state index is -3.56. The lowest BCUT2D eigenvalue weighted by molar-refractivity contribution is 0.0918. The van der Waals surface area contributed by atoms with Gasteiger partial charge >= 0.3 is 0 Å². The number of hydrogen-bond donors (Lipinski definition) is 0. The number of aryl methyl sites for hydroxylation is 1. The van der Waals surface area contributed by atoms with E-state index in [0.717, 1.165) is 11.1 Å². The summed E-state index contributed by atoms with van der Waals surface area (Å²) in [7, 11) is -2.00. The highest BCUT2D eigenvalue weighted by Crippen LogP contribution is 2.27. The number of sulfonamides is 1. The Morgan fingerprint density at radius 3 is 2.50 bits per heavy atom. The minimum Gasteiger partial charge on any atom is -0.497 e. The Labute approximate surface area is 154 Å². The molecule has 0 bridgehead atoms. The lowest BCUT2D eigenvalue weighted by atomic mass is 10.0. The van der Waals surface area contributed by atoms with Crippen LogP contribution in [0.25, 0.3) is 0 Å². The molecular weight excluding hydrogens is 350 g/mol. The molecule has 26 heavy (non-hydrogen) atoms. The van der Waals surface area contributed by atoms with E-state index in [1.165, 1.54) is 4.31 Å². The number of ether oxygens (including phenoxy) is 1. The highest BCUT2D eigenvalue weighted by Gasteiger charge is 2.38. The molecule has 1 fully saturated rings. The van der Waals surface area contributed by atoms with Crippen molar-refractivity contribution < 1.29 is 17.9 Å². The molecule has 1 atom stereocenters. The van der Waals surface area contributed by atoms with Gasteiger partial charge in [-0.05, 0) is 55.2 Å². The smallest absolute Gasteiger partial charge is 0.218 e. The molecule has 0 N–H and O–H groups in total. The Kier molecular flexibility index (Phi) is 5.44. The van der Waals surface area contributed by atoms with Crippen LogP contribution in [0.15, 0.2) is 48.5 Å². The number of rotatable bonds is 6. The number of methoxy groups -OCH3 is 1. The van der Waals surface area contributed by atoms with Crippen LogP contribution >= 0.6 is 0 Å². The zero-order chi connectivity index (χ0) is 18.7. The van der Waals surface area contributed by atoms with Crippen molar-refractivity contribution in [3.05, 3.63) is 65.2 Å². The summed E-state index contributed by atoms with van der Waals surface area (Å²) in [6, 6.07) is 13.6. The van der Waals surface area contributed by atoms with Crippen molar-refractivity contribution in [1.29, 1.82) is 0 Å². The number of benzene rings is 2. The quantitative estimate of drug-likeness (QED) is 0.730. The van der Waals surface area contributed by atoms with Crippen LogP contribution in [0, 0.1) is 6.92 Å². The molecule has 1 unspecified atom stereocenters. The summed E-state index contributed by atoms with van der Waals surface area (Å²) in [6.07, 6.45) is 1.25. The second-order valence-corrected chi connectivity index (χ2v) is 8.47. The number of hydrogen-bond acceptors (Lipinski definition) is 4. The third kappa shape index (κ3) is 3.81. The first-order chi connectivity index (χ1) is 12.4. The van der Waals surface area contributed by atoms with Gasteiger partial charge in [0.2, 0.25) is 10.0 Å². The Bertz CT molecular complexity index is 890. The van der Waals surface area contributed by atoms with Crippen LogP contribution in [0.3, 0.4) is 0 Å². The summed E-state index contributed by atoms with van der Waals surface area (Å²) in [5.74, 6) is 0.432. The van der Waals surface area contributed by atoms with Gasteiger partial charge in [0.1, 0.15) is 5.75 Å². The molecule has 0 spiro atoms. The monoisotopic (exact) mass is 373 g/mol. The van der Waals surface area contributed by atoms with Crippen molar-refractivity contribution in [2.24, 2.45) is 0 Å². The fourth-order valence-corrected chi connectivity index (χ4v) is 5.21. The van der Waals surface area contributed by atoms with E-state index in [1.54, 1.807) is 31.4 Å². The van der Waals surface area contributed by atoms with Crippen molar-refractivity contribution in [2.75, 3.05) is 13.7 Å². The van der Waals surface area contributed by atoms with Crippen LogP contribution in [-0.2, 0) is 15.8 Å². The summed E-state index contributed by atoms with van der Waals surface area (Å²) in [5.41, 5.74) is 2.22. The molecule has 0 amide bonds. The van der Waals surface area contributed by atoms with Crippen molar-refractivity contribution in [2.45, 2.75) is 31.6 Å². The standard InChI is InChI=1S/C20H23NO4S/c1-15-6-3-4-7-17(15)14-26(23,24)21-13-5-8-19(21)20(22)16-9-11-18(25-2)12-10-16/h3-4,6-7,9-12,19H,5,8,13-14H2,1-2H3. The Balaban J connectivity index is 1.82. The molecular formula is C20H23NO4S. The average Bonchev–Trinajstić information content (AvgIpc) is 3.14. The molecule has 0 aliphatic carbocycles. The molecule has 0 saturated carbocycles. The second-order valence-electron chi connectivity index (χ2n) is 6.54. The number of ketones is 1. The van der Waals surface area contributed by atoms with Gasteiger partial charge in [0, 0.05) is 12.1 Å². The van der Waals surface area contributed by atoms with Gasteiger partial charge in [0.05, 0.1) is 18.9 Å². The number of carbonyl (C=O) groups is 1. The molecule has 5 nitrogen and oxygen atoms in total. The van der Waals surface area contributed by atoms with Crippen molar-refractivity contribution in [3.63, 3.8) is 0 Å². The largest absolute Gasteiger partial charge is 0.497 e. The summed E-state index contributed by atoms with van der Waals surface area (Å²) >= 11 is 0. The Morgan fingerprint density at radius 2 is 1.85 bits per heavy atom. The second kappa shape index (κ2) is 7.60. The molecule has 1 heterocycles. The molecule has 3 rings (SSSR count). The molecule has 6 heteroatoms. The van der Waals surface area contributed by atoms with Crippen LogP contribution < -0.4 is 4.74 Å². The summed E-state index contributed by atoms with van der Waals surface area (Å²) in [5, 5.41) is 0. The van der Waals surface area contributed by atoms with Crippen LogP contribution in [0.1, 0.15) is 34.3 Å². The van der Waals surface area contributed by atoms with Gasteiger partial charge in [0.25, 0.3) is 0 Å². The van der Waals surface area contributed by atoms with E-state index in [0.29, 0.717) is 30.7 Å². The van der Waals surface area contributed by atoms with E-state index in [9.17, 15) is 13.2 Å². The van der Waals surface area contributed by atoms with Gasteiger partial charge in [-0.3, -0.25) is 4.79 Å². The van der Waals surface area contributed by atoms with E-state index < -0.39 is 16.1 Å².